The topological polar surface area (TPSA) is 30.5 Å². The summed E-state index contributed by atoms with van der Waals surface area (Å²) < 4.78 is 10.4. The van der Waals surface area contributed by atoms with Crippen molar-refractivity contribution in [2.45, 2.75) is 25.8 Å². The summed E-state index contributed by atoms with van der Waals surface area (Å²) in [6.07, 6.45) is 2.24. The van der Waals surface area contributed by atoms with Gasteiger partial charge in [-0.3, -0.25) is 5.32 Å². The molecular formula is C8H17NO2. The molecule has 11 heavy (non-hydrogen) atoms. The molecule has 0 amide bonds. The van der Waals surface area contributed by atoms with Gasteiger partial charge in [0.2, 0.25) is 0 Å². The van der Waals surface area contributed by atoms with Crippen molar-refractivity contribution in [1.29, 1.82) is 0 Å². The molecule has 1 aliphatic rings. The van der Waals surface area contributed by atoms with E-state index in [-0.39, 0.29) is 0 Å². The largest absolute Gasteiger partial charge is 0.381 e. The number of hydrogen-bond donors (Lipinski definition) is 1. The zero-order chi connectivity index (χ0) is 7.94. The molecule has 1 rings (SSSR count). The Morgan fingerprint density at radius 1 is 1.45 bits per heavy atom. The molecule has 0 atom stereocenters. The van der Waals surface area contributed by atoms with Gasteiger partial charge in [-0.05, 0) is 19.8 Å². The van der Waals surface area contributed by atoms with Crippen LogP contribution in [0.2, 0.25) is 0 Å². The molecule has 1 N–H and O–H groups in total. The summed E-state index contributed by atoms with van der Waals surface area (Å²) in [5, 5.41) is 3.32. The summed E-state index contributed by atoms with van der Waals surface area (Å²) in [7, 11) is 0. The highest BCUT2D eigenvalue weighted by Crippen LogP contribution is 2.05. The summed E-state index contributed by atoms with van der Waals surface area (Å²) >= 11 is 0. The van der Waals surface area contributed by atoms with Crippen molar-refractivity contribution in [1.82, 2.24) is 5.32 Å². The van der Waals surface area contributed by atoms with E-state index in [0.717, 1.165) is 32.7 Å². The van der Waals surface area contributed by atoms with Gasteiger partial charge in [0.1, 0.15) is 0 Å². The van der Waals surface area contributed by atoms with Crippen LogP contribution in [0.15, 0.2) is 0 Å². The SMILES string of the molecule is CCOCNC1CCOCC1. The van der Waals surface area contributed by atoms with Gasteiger partial charge < -0.3 is 9.47 Å². The summed E-state index contributed by atoms with van der Waals surface area (Å²) in [5.74, 6) is 0. The van der Waals surface area contributed by atoms with Crippen molar-refractivity contribution in [3.05, 3.63) is 0 Å². The molecule has 0 spiro atoms. The average molecular weight is 159 g/mol. The Labute approximate surface area is 68.1 Å². The zero-order valence-corrected chi connectivity index (χ0v) is 7.14. The first-order valence-corrected chi connectivity index (χ1v) is 4.32. The van der Waals surface area contributed by atoms with Crippen LogP contribution < -0.4 is 5.32 Å². The van der Waals surface area contributed by atoms with Crippen molar-refractivity contribution in [3.63, 3.8) is 0 Å². The molecular weight excluding hydrogens is 142 g/mol. The van der Waals surface area contributed by atoms with Crippen molar-refractivity contribution in [3.8, 4) is 0 Å². The Morgan fingerprint density at radius 3 is 2.82 bits per heavy atom. The van der Waals surface area contributed by atoms with Gasteiger partial charge in [-0.1, -0.05) is 0 Å². The molecule has 1 heterocycles. The van der Waals surface area contributed by atoms with Crippen molar-refractivity contribution in [2.75, 3.05) is 26.6 Å². The van der Waals surface area contributed by atoms with Gasteiger partial charge in [-0.15, -0.1) is 0 Å². The fraction of sp³-hybridized carbons (Fsp3) is 1.00. The molecule has 0 aliphatic carbocycles. The maximum absolute atomic E-state index is 5.23. The lowest BCUT2D eigenvalue weighted by Crippen LogP contribution is -2.36. The third-order valence-electron chi connectivity index (χ3n) is 1.90. The maximum atomic E-state index is 5.23. The van der Waals surface area contributed by atoms with Gasteiger partial charge in [-0.25, -0.2) is 0 Å². The molecule has 1 saturated heterocycles. The van der Waals surface area contributed by atoms with Gasteiger partial charge in [0, 0.05) is 25.9 Å². The van der Waals surface area contributed by atoms with E-state index >= 15 is 0 Å². The van der Waals surface area contributed by atoms with Gasteiger partial charge in [0.25, 0.3) is 0 Å². The quantitative estimate of drug-likeness (QED) is 0.485. The Bertz CT molecular complexity index is 92.1. The fourth-order valence-electron chi connectivity index (χ4n) is 1.18. The molecule has 3 nitrogen and oxygen atoms in total. The Hall–Kier alpha value is -0.120. The minimum Gasteiger partial charge on any atom is -0.381 e. The van der Waals surface area contributed by atoms with Crippen LogP contribution >= 0.6 is 0 Å². The maximum Gasteiger partial charge on any atom is 0.0967 e. The smallest absolute Gasteiger partial charge is 0.0967 e. The Kier molecular flexibility index (Phi) is 4.50. The number of nitrogens with one attached hydrogen (secondary N) is 1. The normalized spacial score (nSPS) is 20.5. The van der Waals surface area contributed by atoms with Crippen LogP contribution in [0, 0.1) is 0 Å². The second-order valence-electron chi connectivity index (χ2n) is 2.73. The molecule has 0 bridgehead atoms. The fourth-order valence-corrected chi connectivity index (χ4v) is 1.18. The van der Waals surface area contributed by atoms with Crippen LogP contribution in [0.1, 0.15) is 19.8 Å². The Balaban J connectivity index is 1.96. The highest BCUT2D eigenvalue weighted by atomic mass is 16.5. The van der Waals surface area contributed by atoms with Crippen LogP contribution in [-0.4, -0.2) is 32.6 Å². The van der Waals surface area contributed by atoms with Gasteiger partial charge in [0.15, 0.2) is 0 Å². The molecule has 3 heteroatoms. The van der Waals surface area contributed by atoms with Gasteiger partial charge >= 0.3 is 0 Å². The molecule has 0 aromatic carbocycles. The van der Waals surface area contributed by atoms with Crippen LogP contribution in [0.25, 0.3) is 0 Å². The Morgan fingerprint density at radius 2 is 2.18 bits per heavy atom. The number of rotatable bonds is 4. The molecule has 1 fully saturated rings. The number of hydrogen-bond acceptors (Lipinski definition) is 3. The van der Waals surface area contributed by atoms with Crippen LogP contribution in [-0.2, 0) is 9.47 Å². The highest BCUT2D eigenvalue weighted by Gasteiger charge is 2.11. The predicted octanol–water partition coefficient (Wildman–Crippen LogP) is 0.749. The summed E-state index contributed by atoms with van der Waals surface area (Å²) in [4.78, 5) is 0. The first kappa shape index (κ1) is 8.97. The average Bonchev–Trinajstić information content (AvgIpc) is 2.07. The van der Waals surface area contributed by atoms with Crippen molar-refractivity contribution in [2.24, 2.45) is 0 Å². The lowest BCUT2D eigenvalue weighted by molar-refractivity contribution is 0.0570. The molecule has 0 unspecified atom stereocenters. The standard InChI is InChI=1S/C8H17NO2/c1-2-10-7-9-8-3-5-11-6-4-8/h8-9H,2-7H2,1H3. The lowest BCUT2D eigenvalue weighted by atomic mass is 10.1. The van der Waals surface area contributed by atoms with E-state index in [1.54, 1.807) is 0 Å². The van der Waals surface area contributed by atoms with E-state index < -0.39 is 0 Å². The molecule has 0 aromatic rings. The van der Waals surface area contributed by atoms with Crippen molar-refractivity contribution < 1.29 is 9.47 Å². The molecule has 0 aromatic heterocycles. The van der Waals surface area contributed by atoms with Crippen molar-refractivity contribution >= 4 is 0 Å². The van der Waals surface area contributed by atoms with Crippen LogP contribution in [0.4, 0.5) is 0 Å². The third-order valence-corrected chi connectivity index (χ3v) is 1.90. The van der Waals surface area contributed by atoms with E-state index in [4.69, 9.17) is 9.47 Å². The summed E-state index contributed by atoms with van der Waals surface area (Å²) in [5.41, 5.74) is 0. The van der Waals surface area contributed by atoms with E-state index in [9.17, 15) is 0 Å². The van der Waals surface area contributed by atoms with Gasteiger partial charge in [-0.2, -0.15) is 0 Å². The lowest BCUT2D eigenvalue weighted by Gasteiger charge is -2.22. The third kappa shape index (κ3) is 3.70. The minimum atomic E-state index is 0.607. The number of ether oxygens (including phenoxy) is 2. The van der Waals surface area contributed by atoms with E-state index in [1.807, 2.05) is 6.92 Å². The second-order valence-corrected chi connectivity index (χ2v) is 2.73. The summed E-state index contributed by atoms with van der Waals surface area (Å²) in [6, 6.07) is 0.607. The monoisotopic (exact) mass is 159 g/mol. The highest BCUT2D eigenvalue weighted by molar-refractivity contribution is 4.67. The van der Waals surface area contributed by atoms with Gasteiger partial charge in [0.05, 0.1) is 6.73 Å². The van der Waals surface area contributed by atoms with Crippen LogP contribution in [0.5, 0.6) is 0 Å². The van der Waals surface area contributed by atoms with E-state index in [1.165, 1.54) is 0 Å². The minimum absolute atomic E-state index is 0.607. The van der Waals surface area contributed by atoms with Crippen LogP contribution in [0.3, 0.4) is 0 Å². The molecule has 0 saturated carbocycles. The summed E-state index contributed by atoms with van der Waals surface area (Å²) in [6.45, 7) is 5.26. The molecule has 66 valence electrons. The second kappa shape index (κ2) is 5.52. The molecule has 1 aliphatic heterocycles. The van der Waals surface area contributed by atoms with E-state index in [2.05, 4.69) is 5.32 Å². The first-order chi connectivity index (χ1) is 5.43. The first-order valence-electron chi connectivity index (χ1n) is 4.32. The zero-order valence-electron chi connectivity index (χ0n) is 7.14. The molecule has 0 radical (unpaired) electrons. The van der Waals surface area contributed by atoms with E-state index in [0.29, 0.717) is 12.8 Å². The predicted molar refractivity (Wildman–Crippen MR) is 43.5 cm³/mol.